The van der Waals surface area contributed by atoms with Crippen LogP contribution >= 0.6 is 11.8 Å². The Bertz CT molecular complexity index is 1160. The van der Waals surface area contributed by atoms with Crippen LogP contribution < -0.4 is 0 Å². The second-order valence-corrected chi connectivity index (χ2v) is 9.50. The zero-order valence-corrected chi connectivity index (χ0v) is 18.4. The molecule has 2 heterocycles. The summed E-state index contributed by atoms with van der Waals surface area (Å²) in [4.78, 5) is 16.8. The minimum atomic E-state index is -3.81. The Labute approximate surface area is 174 Å². The summed E-state index contributed by atoms with van der Waals surface area (Å²) in [6.07, 6.45) is 0.0608. The van der Waals surface area contributed by atoms with E-state index >= 15 is 0 Å². The van der Waals surface area contributed by atoms with Crippen molar-refractivity contribution in [3.8, 4) is 0 Å². The number of aromatic nitrogens is 3. The van der Waals surface area contributed by atoms with Crippen molar-refractivity contribution in [2.24, 2.45) is 0 Å². The third-order valence-electron chi connectivity index (χ3n) is 4.48. The predicted octanol–water partition coefficient (Wildman–Crippen LogP) is 3.40. The van der Waals surface area contributed by atoms with Crippen LogP contribution in [0.15, 0.2) is 45.1 Å². The number of hydrogen-bond donors (Lipinski definition) is 0. The molecule has 0 aliphatic heterocycles. The first-order valence-corrected chi connectivity index (χ1v) is 11.8. The highest BCUT2D eigenvalue weighted by atomic mass is 32.2. The van der Waals surface area contributed by atoms with Crippen molar-refractivity contribution in [3.63, 3.8) is 0 Å². The molecular weight excluding hydrogens is 410 g/mol. The molecule has 154 valence electrons. The van der Waals surface area contributed by atoms with E-state index in [1.165, 1.54) is 16.3 Å². The van der Waals surface area contributed by atoms with Gasteiger partial charge in [-0.25, -0.2) is 17.9 Å². The molecule has 0 aliphatic carbocycles. The molecule has 0 atom stereocenters. The van der Waals surface area contributed by atoms with Gasteiger partial charge in [0.2, 0.25) is 9.84 Å². The molecule has 0 unspecified atom stereocenters. The highest BCUT2D eigenvalue weighted by Crippen LogP contribution is 2.34. The lowest BCUT2D eigenvalue weighted by Gasteiger charge is -2.11. The van der Waals surface area contributed by atoms with Crippen LogP contribution in [0.3, 0.4) is 0 Å². The van der Waals surface area contributed by atoms with Crippen LogP contribution in [-0.4, -0.2) is 41.3 Å². The molecule has 7 nitrogen and oxygen atoms in total. The van der Waals surface area contributed by atoms with Crippen molar-refractivity contribution in [3.05, 3.63) is 47.3 Å². The van der Waals surface area contributed by atoms with Crippen molar-refractivity contribution in [1.29, 1.82) is 0 Å². The summed E-state index contributed by atoms with van der Waals surface area (Å²) < 4.78 is 33.4. The molecule has 0 N–H and O–H groups in total. The van der Waals surface area contributed by atoms with Crippen molar-refractivity contribution < 1.29 is 17.9 Å². The molecular formula is C20H23N3O4S2. The number of nitrogens with zero attached hydrogens (tertiary/aromatic N) is 3. The number of hydrogen-bond acceptors (Lipinski definition) is 7. The molecule has 1 aromatic carbocycles. The molecule has 29 heavy (non-hydrogen) atoms. The van der Waals surface area contributed by atoms with Crippen LogP contribution in [0.4, 0.5) is 0 Å². The number of aryl methyl sites for hydroxylation is 2. The average Bonchev–Trinajstić information content (AvgIpc) is 3.05. The fourth-order valence-electron chi connectivity index (χ4n) is 3.12. The van der Waals surface area contributed by atoms with Gasteiger partial charge in [0.1, 0.15) is 5.03 Å². The second-order valence-electron chi connectivity index (χ2n) is 6.36. The first-order chi connectivity index (χ1) is 13.8. The topological polar surface area (TPSA) is 90.6 Å². The molecule has 0 bridgehead atoms. The zero-order chi connectivity index (χ0) is 21.2. The van der Waals surface area contributed by atoms with Gasteiger partial charge in [0.15, 0.2) is 10.5 Å². The lowest BCUT2D eigenvalue weighted by molar-refractivity contribution is -0.142. The molecule has 0 aliphatic rings. The van der Waals surface area contributed by atoms with Crippen LogP contribution in [0.5, 0.6) is 0 Å². The standard InChI is InChI=1S/C20H23N3O4S2/c1-5-27-17(24)12-16-13(3)21-19-18(20(28-6-2)22-23(19)14(16)4)29(25,26)15-10-8-7-9-11-15/h7-11H,5-6,12H2,1-4H3. The normalized spacial score (nSPS) is 11.7. The van der Waals surface area contributed by atoms with E-state index < -0.39 is 9.84 Å². The highest BCUT2D eigenvalue weighted by molar-refractivity contribution is 8.00. The molecule has 3 aromatic rings. The molecule has 0 fully saturated rings. The van der Waals surface area contributed by atoms with Crippen LogP contribution in [-0.2, 0) is 25.8 Å². The smallest absolute Gasteiger partial charge is 0.310 e. The van der Waals surface area contributed by atoms with E-state index in [-0.39, 0.29) is 27.8 Å². The number of carbonyl (C=O) groups excluding carboxylic acids is 1. The number of benzene rings is 1. The SMILES string of the molecule is CCOC(=O)Cc1c(C)nc2c(S(=O)(=O)c3ccccc3)c(SCC)nn2c1C. The molecule has 2 aromatic heterocycles. The third-order valence-corrected chi connectivity index (χ3v) is 7.27. The molecule has 0 saturated carbocycles. The monoisotopic (exact) mass is 433 g/mol. The van der Waals surface area contributed by atoms with Crippen molar-refractivity contribution in [2.75, 3.05) is 12.4 Å². The van der Waals surface area contributed by atoms with E-state index in [9.17, 15) is 13.2 Å². The number of ether oxygens (including phenoxy) is 1. The Kier molecular flexibility index (Phi) is 6.28. The van der Waals surface area contributed by atoms with Crippen LogP contribution in [0, 0.1) is 13.8 Å². The maximum Gasteiger partial charge on any atom is 0.310 e. The predicted molar refractivity (Wildman–Crippen MR) is 111 cm³/mol. The quantitative estimate of drug-likeness (QED) is 0.417. The number of carbonyl (C=O) groups is 1. The Morgan fingerprint density at radius 3 is 2.48 bits per heavy atom. The van der Waals surface area contributed by atoms with Crippen molar-refractivity contribution in [2.45, 2.75) is 48.9 Å². The van der Waals surface area contributed by atoms with Gasteiger partial charge in [-0.3, -0.25) is 4.79 Å². The van der Waals surface area contributed by atoms with Gasteiger partial charge in [0, 0.05) is 17.0 Å². The Morgan fingerprint density at radius 2 is 1.86 bits per heavy atom. The Morgan fingerprint density at radius 1 is 1.17 bits per heavy atom. The fraction of sp³-hybridized carbons (Fsp3) is 0.350. The van der Waals surface area contributed by atoms with Crippen LogP contribution in [0.25, 0.3) is 5.65 Å². The number of fused-ring (bicyclic) bond motifs is 1. The van der Waals surface area contributed by atoms with Gasteiger partial charge in [-0.2, -0.15) is 5.10 Å². The van der Waals surface area contributed by atoms with Gasteiger partial charge in [-0.15, -0.1) is 11.8 Å². The van der Waals surface area contributed by atoms with Gasteiger partial charge in [0.25, 0.3) is 0 Å². The number of esters is 1. The van der Waals surface area contributed by atoms with E-state index in [1.807, 2.05) is 13.8 Å². The lowest BCUT2D eigenvalue weighted by Crippen LogP contribution is -2.13. The van der Waals surface area contributed by atoms with Crippen LogP contribution in [0.2, 0.25) is 0 Å². The van der Waals surface area contributed by atoms with Gasteiger partial charge >= 0.3 is 5.97 Å². The minimum absolute atomic E-state index is 0.0608. The van der Waals surface area contributed by atoms with E-state index in [1.54, 1.807) is 44.2 Å². The molecule has 9 heteroatoms. The first kappa shape index (κ1) is 21.3. The summed E-state index contributed by atoms with van der Waals surface area (Å²) in [5.74, 6) is 0.307. The van der Waals surface area contributed by atoms with Gasteiger partial charge in [0.05, 0.1) is 17.9 Å². The number of thioether (sulfide) groups is 1. The zero-order valence-electron chi connectivity index (χ0n) is 16.8. The summed E-state index contributed by atoms with van der Waals surface area (Å²) in [7, 11) is -3.81. The maximum atomic E-state index is 13.4. The second kappa shape index (κ2) is 8.54. The molecule has 0 saturated heterocycles. The summed E-state index contributed by atoms with van der Waals surface area (Å²) in [5, 5.41) is 4.94. The molecule has 3 rings (SSSR count). The summed E-state index contributed by atoms with van der Waals surface area (Å²) in [5.41, 5.74) is 2.22. The summed E-state index contributed by atoms with van der Waals surface area (Å²) >= 11 is 1.35. The van der Waals surface area contributed by atoms with E-state index in [4.69, 9.17) is 4.74 Å². The van der Waals surface area contributed by atoms with Crippen LogP contribution in [0.1, 0.15) is 30.8 Å². The summed E-state index contributed by atoms with van der Waals surface area (Å²) in [6, 6.07) is 8.27. The first-order valence-electron chi connectivity index (χ1n) is 9.28. The van der Waals surface area contributed by atoms with Crippen molar-refractivity contribution in [1.82, 2.24) is 14.6 Å². The van der Waals surface area contributed by atoms with E-state index in [0.29, 0.717) is 34.3 Å². The Hall–Kier alpha value is -2.39. The van der Waals surface area contributed by atoms with Crippen molar-refractivity contribution >= 4 is 33.2 Å². The van der Waals surface area contributed by atoms with E-state index in [0.717, 1.165) is 0 Å². The minimum Gasteiger partial charge on any atom is -0.466 e. The van der Waals surface area contributed by atoms with Gasteiger partial charge < -0.3 is 4.74 Å². The Balaban J connectivity index is 2.26. The largest absolute Gasteiger partial charge is 0.466 e. The maximum absolute atomic E-state index is 13.4. The number of sulfone groups is 1. The lowest BCUT2D eigenvalue weighted by atomic mass is 10.1. The molecule has 0 amide bonds. The van der Waals surface area contributed by atoms with Gasteiger partial charge in [-0.05, 0) is 38.7 Å². The molecule has 0 spiro atoms. The third kappa shape index (κ3) is 4.02. The highest BCUT2D eigenvalue weighted by Gasteiger charge is 2.30. The summed E-state index contributed by atoms with van der Waals surface area (Å²) in [6.45, 7) is 7.56. The average molecular weight is 434 g/mol. The molecule has 0 radical (unpaired) electrons. The fourth-order valence-corrected chi connectivity index (χ4v) is 5.65. The van der Waals surface area contributed by atoms with Gasteiger partial charge in [-0.1, -0.05) is 25.1 Å². The number of rotatable bonds is 7. The van der Waals surface area contributed by atoms with E-state index in [2.05, 4.69) is 10.1 Å².